The van der Waals surface area contributed by atoms with Crippen LogP contribution in [0.1, 0.15) is 24.1 Å². The van der Waals surface area contributed by atoms with Crippen LogP contribution in [0.15, 0.2) is 79.1 Å². The maximum atomic E-state index is 12.9. The van der Waals surface area contributed by atoms with Crippen LogP contribution < -0.4 is 5.32 Å². The molecule has 0 saturated carbocycles. The Kier molecular flexibility index (Phi) is 4.57. The summed E-state index contributed by atoms with van der Waals surface area (Å²) in [5.41, 5.74) is 2.99. The first-order valence-corrected chi connectivity index (χ1v) is 7.85. The Balaban J connectivity index is 1.93. The lowest BCUT2D eigenvalue weighted by molar-refractivity contribution is -0.118. The number of para-hydroxylation sites is 1. The predicted octanol–water partition coefficient (Wildman–Crippen LogP) is 4.28. The average Bonchev–Trinajstić information content (AvgIpc) is 3.10. The number of nitrogens with zero attached hydrogens (tertiary/aromatic N) is 1. The van der Waals surface area contributed by atoms with Crippen molar-refractivity contribution in [2.24, 2.45) is 0 Å². The summed E-state index contributed by atoms with van der Waals surface area (Å²) < 4.78 is 1.93. The predicted molar refractivity (Wildman–Crippen MR) is 93.5 cm³/mol. The van der Waals surface area contributed by atoms with E-state index in [1.165, 1.54) is 0 Å². The zero-order valence-corrected chi connectivity index (χ0v) is 13.1. The maximum Gasteiger partial charge on any atom is 0.252 e. The summed E-state index contributed by atoms with van der Waals surface area (Å²) in [6.07, 6.45) is 4.72. The van der Waals surface area contributed by atoms with Gasteiger partial charge >= 0.3 is 0 Å². The molecule has 1 atom stereocenters. The van der Waals surface area contributed by atoms with E-state index in [9.17, 15) is 4.79 Å². The fourth-order valence-electron chi connectivity index (χ4n) is 2.77. The van der Waals surface area contributed by atoms with Gasteiger partial charge in [-0.05, 0) is 35.7 Å². The van der Waals surface area contributed by atoms with Gasteiger partial charge in [0.15, 0.2) is 0 Å². The van der Waals surface area contributed by atoms with E-state index in [2.05, 4.69) is 12.2 Å². The molecule has 0 aliphatic heterocycles. The molecule has 1 amide bonds. The van der Waals surface area contributed by atoms with Crippen molar-refractivity contribution in [3.63, 3.8) is 0 Å². The molecule has 0 bridgehead atoms. The third-order valence-electron chi connectivity index (χ3n) is 3.95. The summed E-state index contributed by atoms with van der Waals surface area (Å²) >= 11 is 0. The molecule has 3 aromatic rings. The van der Waals surface area contributed by atoms with Crippen molar-refractivity contribution in [2.45, 2.75) is 19.4 Å². The van der Waals surface area contributed by atoms with Gasteiger partial charge in [0.1, 0.15) is 6.04 Å². The van der Waals surface area contributed by atoms with Crippen LogP contribution >= 0.6 is 0 Å². The molecule has 0 spiro atoms. The lowest BCUT2D eigenvalue weighted by Gasteiger charge is -2.20. The van der Waals surface area contributed by atoms with Crippen molar-refractivity contribution in [3.05, 3.63) is 90.3 Å². The van der Waals surface area contributed by atoms with Crippen LogP contribution in [0.4, 0.5) is 5.69 Å². The molecule has 0 aliphatic rings. The van der Waals surface area contributed by atoms with Crippen LogP contribution in [0.3, 0.4) is 0 Å². The van der Waals surface area contributed by atoms with Crippen molar-refractivity contribution >= 4 is 11.6 Å². The summed E-state index contributed by atoms with van der Waals surface area (Å²) in [7, 11) is 0. The minimum atomic E-state index is -0.379. The summed E-state index contributed by atoms with van der Waals surface area (Å²) in [5.74, 6) is -0.0340. The minimum absolute atomic E-state index is 0.0340. The van der Waals surface area contributed by atoms with Gasteiger partial charge in [-0.25, -0.2) is 0 Å². The molecule has 1 aromatic heterocycles. The Morgan fingerprint density at radius 2 is 1.61 bits per heavy atom. The number of rotatable bonds is 5. The van der Waals surface area contributed by atoms with Gasteiger partial charge in [-0.3, -0.25) is 4.79 Å². The Labute approximate surface area is 136 Å². The van der Waals surface area contributed by atoms with E-state index < -0.39 is 0 Å². The third-order valence-corrected chi connectivity index (χ3v) is 3.95. The topological polar surface area (TPSA) is 34.0 Å². The van der Waals surface area contributed by atoms with Gasteiger partial charge in [-0.2, -0.15) is 0 Å². The molecule has 3 rings (SSSR count). The van der Waals surface area contributed by atoms with E-state index in [1.54, 1.807) is 0 Å². The van der Waals surface area contributed by atoms with Crippen LogP contribution in [0.2, 0.25) is 0 Å². The Hall–Kier alpha value is -2.81. The molecular weight excluding hydrogens is 284 g/mol. The van der Waals surface area contributed by atoms with Crippen molar-refractivity contribution in [3.8, 4) is 0 Å². The Morgan fingerprint density at radius 1 is 0.957 bits per heavy atom. The number of aryl methyl sites for hydroxylation is 1. The Bertz CT molecular complexity index is 763. The minimum Gasteiger partial charge on any atom is -0.338 e. The lowest BCUT2D eigenvalue weighted by Crippen LogP contribution is -2.26. The van der Waals surface area contributed by atoms with Crippen LogP contribution in [0.25, 0.3) is 0 Å². The number of benzene rings is 2. The zero-order chi connectivity index (χ0) is 16.1. The molecule has 0 fully saturated rings. The number of anilines is 1. The molecule has 3 heteroatoms. The summed E-state index contributed by atoms with van der Waals surface area (Å²) in [4.78, 5) is 12.9. The first kappa shape index (κ1) is 15.1. The van der Waals surface area contributed by atoms with Gasteiger partial charge in [-0.15, -0.1) is 0 Å². The highest BCUT2D eigenvalue weighted by Gasteiger charge is 2.22. The van der Waals surface area contributed by atoms with Crippen molar-refractivity contribution in [1.29, 1.82) is 0 Å². The van der Waals surface area contributed by atoms with Crippen LogP contribution in [0, 0.1) is 0 Å². The zero-order valence-electron chi connectivity index (χ0n) is 13.1. The average molecular weight is 304 g/mol. The second-order valence-corrected chi connectivity index (χ2v) is 5.44. The largest absolute Gasteiger partial charge is 0.338 e. The second-order valence-electron chi connectivity index (χ2n) is 5.44. The molecule has 0 radical (unpaired) electrons. The molecule has 23 heavy (non-hydrogen) atoms. The molecule has 2 aromatic carbocycles. The van der Waals surface area contributed by atoms with E-state index >= 15 is 0 Å². The number of nitrogens with one attached hydrogen (secondary N) is 1. The summed E-state index contributed by atoms with van der Waals surface area (Å²) in [6.45, 7) is 2.09. The van der Waals surface area contributed by atoms with Gasteiger partial charge in [0.25, 0.3) is 5.91 Å². The first-order chi connectivity index (χ1) is 11.3. The molecule has 1 unspecified atom stereocenters. The van der Waals surface area contributed by atoms with E-state index in [0.717, 1.165) is 23.2 Å². The number of aromatic nitrogens is 1. The van der Waals surface area contributed by atoms with E-state index in [4.69, 9.17) is 0 Å². The number of carbonyl (C=O) groups is 1. The molecule has 0 aliphatic carbocycles. The fourth-order valence-corrected chi connectivity index (χ4v) is 2.77. The number of amides is 1. The number of hydrogen-bond acceptors (Lipinski definition) is 1. The summed E-state index contributed by atoms with van der Waals surface area (Å²) in [5, 5.41) is 3.09. The smallest absolute Gasteiger partial charge is 0.252 e. The molecular formula is C20H20N2O. The van der Waals surface area contributed by atoms with Crippen molar-refractivity contribution in [1.82, 2.24) is 4.57 Å². The van der Waals surface area contributed by atoms with Gasteiger partial charge < -0.3 is 9.88 Å². The van der Waals surface area contributed by atoms with E-state index in [1.807, 2.05) is 83.7 Å². The lowest BCUT2D eigenvalue weighted by atomic mass is 10.0. The molecule has 1 N–H and O–H groups in total. The molecule has 116 valence electrons. The van der Waals surface area contributed by atoms with Gasteiger partial charge in [0.05, 0.1) is 0 Å². The highest BCUT2D eigenvalue weighted by Crippen LogP contribution is 2.22. The quantitative estimate of drug-likeness (QED) is 0.750. The third kappa shape index (κ3) is 3.34. The first-order valence-electron chi connectivity index (χ1n) is 7.85. The van der Waals surface area contributed by atoms with Gasteiger partial charge in [0.2, 0.25) is 0 Å². The van der Waals surface area contributed by atoms with Gasteiger partial charge in [0, 0.05) is 18.1 Å². The highest BCUT2D eigenvalue weighted by molar-refractivity contribution is 5.96. The van der Waals surface area contributed by atoms with Crippen molar-refractivity contribution in [2.75, 3.05) is 5.32 Å². The number of hydrogen-bond donors (Lipinski definition) is 1. The molecule has 1 heterocycles. The van der Waals surface area contributed by atoms with Gasteiger partial charge in [-0.1, -0.05) is 55.5 Å². The van der Waals surface area contributed by atoms with Crippen LogP contribution in [0.5, 0.6) is 0 Å². The normalized spacial score (nSPS) is 11.9. The Morgan fingerprint density at radius 3 is 2.30 bits per heavy atom. The van der Waals surface area contributed by atoms with Crippen LogP contribution in [-0.2, 0) is 11.2 Å². The second kappa shape index (κ2) is 6.97. The molecule has 0 saturated heterocycles. The fraction of sp³-hybridized carbons (Fsp3) is 0.150. The SMILES string of the molecule is CCc1ccccc1NC(=O)C(c1ccccc1)n1cccc1. The summed E-state index contributed by atoms with van der Waals surface area (Å²) in [6, 6.07) is 21.3. The monoisotopic (exact) mass is 304 g/mol. The van der Waals surface area contributed by atoms with E-state index in [-0.39, 0.29) is 11.9 Å². The standard InChI is InChI=1S/C20H20N2O/c1-2-16-10-6-7-13-18(16)21-20(23)19(22-14-8-9-15-22)17-11-4-3-5-12-17/h3-15,19H,2H2,1H3,(H,21,23). The van der Waals surface area contributed by atoms with E-state index in [0.29, 0.717) is 0 Å². The number of carbonyl (C=O) groups excluding carboxylic acids is 1. The maximum absolute atomic E-state index is 12.9. The highest BCUT2D eigenvalue weighted by atomic mass is 16.2. The van der Waals surface area contributed by atoms with Crippen molar-refractivity contribution < 1.29 is 4.79 Å². The molecule has 3 nitrogen and oxygen atoms in total. The van der Waals surface area contributed by atoms with Crippen LogP contribution in [-0.4, -0.2) is 10.5 Å².